The molecule has 3 rings (SSSR count). The minimum Gasteiger partial charge on any atom is -0.493 e. The number of aromatic nitrogens is 1. The van der Waals surface area contributed by atoms with Crippen molar-refractivity contribution >= 4 is 22.5 Å². The Morgan fingerprint density at radius 3 is 2.38 bits per heavy atom. The summed E-state index contributed by atoms with van der Waals surface area (Å²) in [6.07, 6.45) is 0. The number of hydrogen-bond donors (Lipinski definition) is 2. The molecule has 0 fully saturated rings. The van der Waals surface area contributed by atoms with Gasteiger partial charge in [-0.3, -0.25) is 9.59 Å². The van der Waals surface area contributed by atoms with Crippen molar-refractivity contribution in [2.24, 2.45) is 5.92 Å². The molecule has 0 bridgehead atoms. The molecule has 1 atom stereocenters. The first kappa shape index (κ1) is 20.5. The number of aryl methyl sites for hydroxylation is 1. The molecular weight excluding hydrogens is 368 g/mol. The number of amides is 1. The van der Waals surface area contributed by atoms with Crippen molar-refractivity contribution in [3.8, 4) is 11.5 Å². The third-order valence-corrected chi connectivity index (χ3v) is 5.02. The Morgan fingerprint density at radius 2 is 1.72 bits per heavy atom. The number of rotatable bonds is 6. The first-order valence-electron chi connectivity index (χ1n) is 9.50. The lowest BCUT2D eigenvalue weighted by molar-refractivity contribution is -0.118. The van der Waals surface area contributed by atoms with Gasteiger partial charge in [0, 0.05) is 11.3 Å². The molecule has 3 aromatic rings. The van der Waals surface area contributed by atoms with Crippen LogP contribution >= 0.6 is 0 Å². The van der Waals surface area contributed by atoms with E-state index in [0.717, 1.165) is 10.9 Å². The molecule has 6 heteroatoms. The summed E-state index contributed by atoms with van der Waals surface area (Å²) in [5, 5.41) is 3.90. The number of fused-ring (bicyclic) bond motifs is 1. The number of benzene rings is 2. The molecule has 152 valence electrons. The summed E-state index contributed by atoms with van der Waals surface area (Å²) >= 11 is 0. The number of carbonyl (C=O) groups excluding carboxylic acids is 1. The molecule has 2 aromatic carbocycles. The number of pyridine rings is 1. The second-order valence-corrected chi connectivity index (χ2v) is 7.41. The topological polar surface area (TPSA) is 80.4 Å². The molecule has 0 aliphatic heterocycles. The molecule has 6 nitrogen and oxygen atoms in total. The van der Waals surface area contributed by atoms with Crippen LogP contribution in [0.2, 0.25) is 0 Å². The van der Waals surface area contributed by atoms with Crippen LogP contribution in [0.3, 0.4) is 0 Å². The predicted octanol–water partition coefficient (Wildman–Crippen LogP) is 4.23. The van der Waals surface area contributed by atoms with E-state index < -0.39 is 0 Å². The standard InChI is InChI=1S/C23H26N2O4/c1-13(2)21(16-7-9-19(28-4)20(11-16)29-5)23(27)24-17-8-6-15-10-14(3)22(26)25-18(15)12-17/h6-13,21H,1-5H3,(H,24,27)(H,25,26). The van der Waals surface area contributed by atoms with E-state index in [1.807, 2.05) is 44.2 Å². The monoisotopic (exact) mass is 394 g/mol. The zero-order valence-electron chi connectivity index (χ0n) is 17.3. The lowest BCUT2D eigenvalue weighted by Crippen LogP contribution is -2.25. The van der Waals surface area contributed by atoms with Gasteiger partial charge in [-0.05, 0) is 54.1 Å². The van der Waals surface area contributed by atoms with Crippen LogP contribution in [-0.2, 0) is 4.79 Å². The first-order chi connectivity index (χ1) is 13.8. The predicted molar refractivity (Wildman–Crippen MR) is 115 cm³/mol. The second kappa shape index (κ2) is 8.39. The van der Waals surface area contributed by atoms with Crippen LogP contribution in [0.1, 0.15) is 30.9 Å². The fraction of sp³-hybridized carbons (Fsp3) is 0.304. The molecule has 29 heavy (non-hydrogen) atoms. The van der Waals surface area contributed by atoms with Crippen molar-refractivity contribution in [3.63, 3.8) is 0 Å². The van der Waals surface area contributed by atoms with Crippen molar-refractivity contribution in [2.75, 3.05) is 19.5 Å². The van der Waals surface area contributed by atoms with Crippen LogP contribution in [0.15, 0.2) is 47.3 Å². The number of methoxy groups -OCH3 is 2. The molecule has 0 saturated heterocycles. The highest BCUT2D eigenvalue weighted by molar-refractivity contribution is 5.97. The highest BCUT2D eigenvalue weighted by Gasteiger charge is 2.25. The smallest absolute Gasteiger partial charge is 0.251 e. The molecule has 1 amide bonds. The number of nitrogens with one attached hydrogen (secondary N) is 2. The largest absolute Gasteiger partial charge is 0.493 e. The van der Waals surface area contributed by atoms with Gasteiger partial charge in [-0.2, -0.15) is 0 Å². The summed E-state index contributed by atoms with van der Waals surface area (Å²) in [6, 6.07) is 12.9. The molecule has 1 aromatic heterocycles. The Bertz CT molecular complexity index is 1100. The lowest BCUT2D eigenvalue weighted by atomic mass is 9.87. The van der Waals surface area contributed by atoms with Gasteiger partial charge in [-0.25, -0.2) is 0 Å². The van der Waals surface area contributed by atoms with Crippen LogP contribution in [-0.4, -0.2) is 25.1 Å². The van der Waals surface area contributed by atoms with Gasteiger partial charge in [0.2, 0.25) is 5.91 Å². The van der Waals surface area contributed by atoms with Gasteiger partial charge in [0.1, 0.15) is 0 Å². The van der Waals surface area contributed by atoms with E-state index in [1.54, 1.807) is 33.3 Å². The Hall–Kier alpha value is -3.28. The highest BCUT2D eigenvalue weighted by atomic mass is 16.5. The number of ether oxygens (including phenoxy) is 2. The summed E-state index contributed by atoms with van der Waals surface area (Å²) < 4.78 is 10.7. The van der Waals surface area contributed by atoms with Crippen molar-refractivity contribution in [1.82, 2.24) is 4.98 Å². The lowest BCUT2D eigenvalue weighted by Gasteiger charge is -2.22. The fourth-order valence-corrected chi connectivity index (χ4v) is 3.49. The normalized spacial score (nSPS) is 12.1. The molecule has 1 heterocycles. The molecule has 0 aliphatic rings. The third-order valence-electron chi connectivity index (χ3n) is 5.02. The molecular formula is C23H26N2O4. The second-order valence-electron chi connectivity index (χ2n) is 7.41. The first-order valence-corrected chi connectivity index (χ1v) is 9.50. The van der Waals surface area contributed by atoms with Crippen molar-refractivity contribution < 1.29 is 14.3 Å². The van der Waals surface area contributed by atoms with Crippen molar-refractivity contribution in [2.45, 2.75) is 26.7 Å². The van der Waals surface area contributed by atoms with E-state index in [4.69, 9.17) is 9.47 Å². The summed E-state index contributed by atoms with van der Waals surface area (Å²) in [7, 11) is 3.15. The highest BCUT2D eigenvalue weighted by Crippen LogP contribution is 2.34. The number of anilines is 1. The van der Waals surface area contributed by atoms with Crippen molar-refractivity contribution in [1.29, 1.82) is 0 Å². The van der Waals surface area contributed by atoms with Crippen molar-refractivity contribution in [3.05, 3.63) is 63.9 Å². The number of hydrogen-bond acceptors (Lipinski definition) is 4. The van der Waals surface area contributed by atoms with Gasteiger partial charge >= 0.3 is 0 Å². The van der Waals surface area contributed by atoms with Gasteiger partial charge in [0.25, 0.3) is 5.56 Å². The molecule has 2 N–H and O–H groups in total. The molecule has 0 aliphatic carbocycles. The van der Waals surface area contributed by atoms with E-state index in [-0.39, 0.29) is 23.3 Å². The summed E-state index contributed by atoms with van der Waals surface area (Å²) in [6.45, 7) is 5.77. The summed E-state index contributed by atoms with van der Waals surface area (Å²) in [5.41, 5.74) is 2.69. The molecule has 0 spiro atoms. The van der Waals surface area contributed by atoms with E-state index in [9.17, 15) is 9.59 Å². The maximum absolute atomic E-state index is 13.1. The van der Waals surface area contributed by atoms with E-state index in [0.29, 0.717) is 28.3 Å². The minimum absolute atomic E-state index is 0.0658. The van der Waals surface area contributed by atoms with Crippen LogP contribution in [0, 0.1) is 12.8 Å². The number of aromatic amines is 1. The van der Waals surface area contributed by atoms with Gasteiger partial charge in [-0.15, -0.1) is 0 Å². The maximum Gasteiger partial charge on any atom is 0.251 e. The SMILES string of the molecule is COc1ccc(C(C(=O)Nc2ccc3cc(C)c(=O)[nH]c3c2)C(C)C)cc1OC. The van der Waals surface area contributed by atoms with Crippen LogP contribution in [0.25, 0.3) is 10.9 Å². The van der Waals surface area contributed by atoms with Gasteiger partial charge < -0.3 is 19.8 Å². The van der Waals surface area contributed by atoms with Crippen LogP contribution < -0.4 is 20.3 Å². The Kier molecular flexibility index (Phi) is 5.92. The zero-order valence-corrected chi connectivity index (χ0v) is 17.3. The Labute approximate surface area is 169 Å². The summed E-state index contributed by atoms with van der Waals surface area (Å²) in [5.74, 6) is 0.773. The molecule has 0 saturated carbocycles. The Morgan fingerprint density at radius 1 is 1.00 bits per heavy atom. The van der Waals surface area contributed by atoms with Crippen LogP contribution in [0.4, 0.5) is 5.69 Å². The summed E-state index contributed by atoms with van der Waals surface area (Å²) in [4.78, 5) is 27.9. The third kappa shape index (κ3) is 4.26. The van der Waals surface area contributed by atoms with E-state index in [2.05, 4.69) is 10.3 Å². The van der Waals surface area contributed by atoms with E-state index in [1.165, 1.54) is 0 Å². The van der Waals surface area contributed by atoms with Gasteiger partial charge in [0.15, 0.2) is 11.5 Å². The number of carbonyl (C=O) groups is 1. The minimum atomic E-state index is -0.373. The zero-order chi connectivity index (χ0) is 21.1. The maximum atomic E-state index is 13.1. The van der Waals surface area contributed by atoms with E-state index >= 15 is 0 Å². The quantitative estimate of drug-likeness (QED) is 0.656. The Balaban J connectivity index is 1.91. The number of H-pyrrole nitrogens is 1. The molecule has 0 radical (unpaired) electrons. The average molecular weight is 394 g/mol. The molecule has 1 unspecified atom stereocenters. The van der Waals surface area contributed by atoms with Gasteiger partial charge in [-0.1, -0.05) is 26.0 Å². The average Bonchev–Trinajstić information content (AvgIpc) is 2.68. The van der Waals surface area contributed by atoms with Gasteiger partial charge in [0.05, 0.1) is 25.7 Å². The fourth-order valence-electron chi connectivity index (χ4n) is 3.49. The van der Waals surface area contributed by atoms with Crippen LogP contribution in [0.5, 0.6) is 11.5 Å².